The summed E-state index contributed by atoms with van der Waals surface area (Å²) in [6.45, 7) is 6.17. The number of alkyl halides is 3. The molecule has 2 aromatic carbocycles. The minimum atomic E-state index is -4.42. The predicted octanol–water partition coefficient (Wildman–Crippen LogP) is 3.95. The highest BCUT2D eigenvalue weighted by Crippen LogP contribution is 2.31. The van der Waals surface area contributed by atoms with Gasteiger partial charge in [-0.1, -0.05) is 12.0 Å². The fourth-order valence-electron chi connectivity index (χ4n) is 5.89. The van der Waals surface area contributed by atoms with Crippen molar-refractivity contribution in [2.24, 2.45) is 5.73 Å². The molecule has 1 aliphatic rings. The van der Waals surface area contributed by atoms with Gasteiger partial charge < -0.3 is 59.6 Å². The normalized spacial score (nSPS) is 13.8. The van der Waals surface area contributed by atoms with Crippen molar-refractivity contribution >= 4 is 28.2 Å². The molecule has 13 nitrogen and oxygen atoms in total. The van der Waals surface area contributed by atoms with E-state index < -0.39 is 12.7 Å². The van der Waals surface area contributed by atoms with Gasteiger partial charge in [0.2, 0.25) is 0 Å². The standard InChI is InChI=1S/C39H55F3N6O7/c1-47-15-10-31(11-16-47)46-34-6-3-7-36-33(34)28-32(48(36)29-39(40,41)42)5-4-13-44-35-9-8-30(27-37(35)50-2)38(49)45-14-18-52-20-22-54-24-26-55-25-23-53-21-19-51-17-12-43/h3,6-9,27-28,31,44,46H,10-26,29,43H2,1-2H3,(H,45,49). The Bertz CT molecular complexity index is 1650. The second kappa shape index (κ2) is 23.8. The Hall–Kier alpha value is -4.08. The second-order valence-electron chi connectivity index (χ2n) is 12.9. The van der Waals surface area contributed by atoms with E-state index in [0.717, 1.165) is 31.6 Å². The summed E-state index contributed by atoms with van der Waals surface area (Å²) in [5.41, 5.74) is 7.87. The van der Waals surface area contributed by atoms with Crippen molar-refractivity contribution in [2.75, 3.05) is 124 Å². The number of aromatic nitrogens is 1. The summed E-state index contributed by atoms with van der Waals surface area (Å²) < 4.78 is 74.8. The van der Waals surface area contributed by atoms with Gasteiger partial charge in [-0.05, 0) is 75.3 Å². The van der Waals surface area contributed by atoms with Crippen LogP contribution in [0.2, 0.25) is 0 Å². The summed E-state index contributed by atoms with van der Waals surface area (Å²) in [7, 11) is 3.57. The van der Waals surface area contributed by atoms with Crippen LogP contribution in [-0.4, -0.2) is 141 Å². The number of nitrogens with one attached hydrogen (secondary N) is 3. The smallest absolute Gasteiger partial charge is 0.406 e. The minimum absolute atomic E-state index is 0.131. The van der Waals surface area contributed by atoms with Gasteiger partial charge >= 0.3 is 6.18 Å². The van der Waals surface area contributed by atoms with Crippen molar-refractivity contribution in [2.45, 2.75) is 31.6 Å². The topological polar surface area (TPSA) is 143 Å². The van der Waals surface area contributed by atoms with Crippen LogP contribution >= 0.6 is 0 Å². The number of likely N-dealkylation sites (tertiary alicyclic amines) is 1. The van der Waals surface area contributed by atoms with Gasteiger partial charge in [-0.15, -0.1) is 0 Å². The first-order valence-electron chi connectivity index (χ1n) is 18.6. The third-order valence-corrected chi connectivity index (χ3v) is 8.69. The fraction of sp³-hybridized carbons (Fsp3) is 0.564. The highest BCUT2D eigenvalue weighted by Gasteiger charge is 2.30. The van der Waals surface area contributed by atoms with E-state index in [1.165, 1.54) is 11.7 Å². The Morgan fingerprint density at radius 3 is 2.13 bits per heavy atom. The summed E-state index contributed by atoms with van der Waals surface area (Å²) in [5, 5.41) is 10.2. The monoisotopic (exact) mass is 776 g/mol. The van der Waals surface area contributed by atoms with Crippen molar-refractivity contribution in [3.63, 3.8) is 0 Å². The van der Waals surface area contributed by atoms with Gasteiger partial charge in [-0.25, -0.2) is 0 Å². The number of anilines is 2. The number of amides is 1. The van der Waals surface area contributed by atoms with E-state index >= 15 is 0 Å². The average molecular weight is 777 g/mol. The number of ether oxygens (including phenoxy) is 6. The lowest BCUT2D eigenvalue weighted by atomic mass is 10.0. The van der Waals surface area contributed by atoms with Crippen molar-refractivity contribution in [1.29, 1.82) is 0 Å². The first kappa shape index (κ1) is 43.6. The van der Waals surface area contributed by atoms with Crippen LogP contribution in [-0.2, 0) is 30.2 Å². The van der Waals surface area contributed by atoms with Crippen LogP contribution in [0.4, 0.5) is 24.5 Å². The molecule has 0 unspecified atom stereocenters. The summed E-state index contributed by atoms with van der Waals surface area (Å²) in [5.74, 6) is 6.02. The third-order valence-electron chi connectivity index (χ3n) is 8.69. The molecule has 55 heavy (non-hydrogen) atoms. The first-order valence-corrected chi connectivity index (χ1v) is 18.6. The SMILES string of the molecule is COc1cc(C(=O)NCCOCCOCCOCCOCCOCCN)ccc1NCC#Cc1cc2c(NC3CCN(C)CC3)cccc2n1CC(F)(F)F. The van der Waals surface area contributed by atoms with Crippen molar-refractivity contribution in [3.05, 3.63) is 53.7 Å². The van der Waals surface area contributed by atoms with E-state index in [1.54, 1.807) is 36.4 Å². The number of nitrogens with two attached hydrogens (primary N) is 1. The van der Waals surface area contributed by atoms with Crippen molar-refractivity contribution in [3.8, 4) is 17.6 Å². The molecule has 4 rings (SSSR count). The zero-order valence-corrected chi connectivity index (χ0v) is 31.8. The molecule has 1 fully saturated rings. The maximum absolute atomic E-state index is 13.7. The van der Waals surface area contributed by atoms with Gasteiger partial charge in [0.25, 0.3) is 5.91 Å². The van der Waals surface area contributed by atoms with Gasteiger partial charge in [0, 0.05) is 35.8 Å². The molecule has 0 aliphatic carbocycles. The molecule has 2 heterocycles. The lowest BCUT2D eigenvalue weighted by molar-refractivity contribution is -0.140. The highest BCUT2D eigenvalue weighted by molar-refractivity contribution is 5.95. The third kappa shape index (κ3) is 15.5. The lowest BCUT2D eigenvalue weighted by Gasteiger charge is -2.30. The number of rotatable bonds is 24. The van der Waals surface area contributed by atoms with Crippen LogP contribution in [0.1, 0.15) is 28.9 Å². The molecule has 1 saturated heterocycles. The van der Waals surface area contributed by atoms with E-state index in [-0.39, 0.29) is 24.2 Å². The van der Waals surface area contributed by atoms with Gasteiger partial charge in [0.15, 0.2) is 0 Å². The summed E-state index contributed by atoms with van der Waals surface area (Å²) in [4.78, 5) is 15.0. The van der Waals surface area contributed by atoms with Crippen LogP contribution in [0.5, 0.6) is 5.75 Å². The molecule has 1 amide bonds. The lowest BCUT2D eigenvalue weighted by Crippen LogP contribution is -2.36. The van der Waals surface area contributed by atoms with Crippen LogP contribution < -0.4 is 26.4 Å². The van der Waals surface area contributed by atoms with E-state index in [1.807, 2.05) is 6.07 Å². The van der Waals surface area contributed by atoms with Crippen LogP contribution in [0.25, 0.3) is 10.9 Å². The Labute approximate surface area is 321 Å². The largest absolute Gasteiger partial charge is 0.495 e. The van der Waals surface area contributed by atoms with Crippen LogP contribution in [0.15, 0.2) is 42.5 Å². The maximum atomic E-state index is 13.7. The number of halogens is 3. The molecular weight excluding hydrogens is 721 g/mol. The number of hydrogen-bond acceptors (Lipinski definition) is 11. The average Bonchev–Trinajstić information content (AvgIpc) is 3.51. The molecule has 0 spiro atoms. The molecule has 304 valence electrons. The summed E-state index contributed by atoms with van der Waals surface area (Å²) in [6.07, 6.45) is -2.51. The molecule has 0 saturated carbocycles. The van der Waals surface area contributed by atoms with Crippen molar-refractivity contribution in [1.82, 2.24) is 14.8 Å². The number of nitrogens with zero attached hydrogens (tertiary/aromatic N) is 2. The summed E-state index contributed by atoms with van der Waals surface area (Å²) >= 11 is 0. The van der Waals surface area contributed by atoms with Gasteiger partial charge in [-0.2, -0.15) is 13.2 Å². The number of benzene rings is 2. The number of hydrogen-bond donors (Lipinski definition) is 4. The molecule has 0 bridgehead atoms. The minimum Gasteiger partial charge on any atom is -0.495 e. The second-order valence-corrected chi connectivity index (χ2v) is 12.9. The number of piperidine rings is 1. The Morgan fingerprint density at radius 2 is 1.51 bits per heavy atom. The molecule has 0 atom stereocenters. The zero-order valence-electron chi connectivity index (χ0n) is 31.8. The first-order chi connectivity index (χ1) is 26.7. The van der Waals surface area contributed by atoms with Crippen LogP contribution in [0.3, 0.4) is 0 Å². The zero-order chi connectivity index (χ0) is 39.3. The number of carbonyl (C=O) groups is 1. The predicted molar refractivity (Wildman–Crippen MR) is 206 cm³/mol. The van der Waals surface area contributed by atoms with Crippen molar-refractivity contribution < 1.29 is 46.4 Å². The molecule has 16 heteroatoms. The Kier molecular flexibility index (Phi) is 18.8. The van der Waals surface area contributed by atoms with Gasteiger partial charge in [0.1, 0.15) is 12.3 Å². The number of methoxy groups -OCH3 is 1. The molecule has 5 N–H and O–H groups in total. The Morgan fingerprint density at radius 1 is 0.873 bits per heavy atom. The molecule has 1 aromatic heterocycles. The molecular formula is C39H55F3N6O7. The Balaban J connectivity index is 1.19. The molecule has 3 aromatic rings. The van der Waals surface area contributed by atoms with Crippen LogP contribution in [0, 0.1) is 11.8 Å². The maximum Gasteiger partial charge on any atom is 0.406 e. The van der Waals surface area contributed by atoms with E-state index in [9.17, 15) is 18.0 Å². The fourth-order valence-corrected chi connectivity index (χ4v) is 5.89. The quantitative estimate of drug-likeness (QED) is 0.0777. The number of fused-ring (bicyclic) bond motifs is 1. The number of carbonyl (C=O) groups excluding carboxylic acids is 1. The van der Waals surface area contributed by atoms with E-state index in [2.05, 4.69) is 39.7 Å². The summed E-state index contributed by atoms with van der Waals surface area (Å²) in [6, 6.07) is 12.3. The van der Waals surface area contributed by atoms with Gasteiger partial charge in [0.05, 0.1) is 96.6 Å². The van der Waals surface area contributed by atoms with E-state index in [4.69, 9.17) is 34.2 Å². The van der Waals surface area contributed by atoms with E-state index in [0.29, 0.717) is 107 Å². The molecule has 0 radical (unpaired) electrons. The highest BCUT2D eigenvalue weighted by atomic mass is 19.4. The molecule has 1 aliphatic heterocycles. The van der Waals surface area contributed by atoms with Gasteiger partial charge in [-0.3, -0.25) is 4.79 Å².